The summed E-state index contributed by atoms with van der Waals surface area (Å²) in [4.78, 5) is 10.7. The van der Waals surface area contributed by atoms with E-state index in [1.54, 1.807) is 0 Å². The molecule has 7 aromatic carbocycles. The second-order valence-electron chi connectivity index (χ2n) is 15.8. The van der Waals surface area contributed by atoms with Crippen LogP contribution >= 0.6 is 0 Å². The molecule has 1 unspecified atom stereocenters. The van der Waals surface area contributed by atoms with Crippen molar-refractivity contribution in [3.8, 4) is 39.4 Å². The van der Waals surface area contributed by atoms with Gasteiger partial charge in [-0.25, -0.2) is 4.99 Å². The number of anilines is 3. The Hall–Kier alpha value is -8.07. The maximum absolute atomic E-state index is 10.3. The predicted octanol–water partition coefficient (Wildman–Crippen LogP) is 12.9. The van der Waals surface area contributed by atoms with E-state index in [4.69, 9.17) is 4.99 Å². The third-order valence-electron chi connectivity index (χ3n) is 12.5. The van der Waals surface area contributed by atoms with Crippen molar-refractivity contribution in [3.05, 3.63) is 245 Å². The number of hydrogen-bond acceptors (Lipinski definition) is 3. The Labute approximate surface area is 355 Å². The number of H-pyrrole nitrogens is 1. The minimum Gasteiger partial charge on any atom is -0.345 e. The monoisotopic (exact) mass is 781 g/mol. The van der Waals surface area contributed by atoms with Crippen LogP contribution in [0.5, 0.6) is 0 Å². The molecule has 1 aromatic heterocycles. The lowest BCUT2D eigenvalue weighted by molar-refractivity contribution is 0.652. The van der Waals surface area contributed by atoms with E-state index in [9.17, 15) is 10.7 Å². The van der Waals surface area contributed by atoms with Gasteiger partial charge in [0.05, 0.1) is 28.8 Å². The number of fused-ring (bicyclic) bond motifs is 8. The second-order valence-corrected chi connectivity index (χ2v) is 15.8. The van der Waals surface area contributed by atoms with Gasteiger partial charge in [-0.3, -0.25) is 5.41 Å². The van der Waals surface area contributed by atoms with E-state index in [0.29, 0.717) is 11.9 Å². The fourth-order valence-corrected chi connectivity index (χ4v) is 9.79. The number of rotatable bonds is 5. The third-order valence-corrected chi connectivity index (χ3v) is 12.5. The molecule has 0 saturated carbocycles. The van der Waals surface area contributed by atoms with Crippen LogP contribution in [-0.2, 0) is 5.41 Å². The van der Waals surface area contributed by atoms with Crippen LogP contribution < -0.4 is 10.4 Å². The molecule has 0 radical (unpaired) electrons. The molecule has 0 amide bonds. The largest absolute Gasteiger partial charge is 0.345 e. The summed E-state index contributed by atoms with van der Waals surface area (Å²) in [6.45, 7) is 0. The van der Waals surface area contributed by atoms with Crippen molar-refractivity contribution in [3.63, 3.8) is 0 Å². The molecule has 61 heavy (non-hydrogen) atoms. The normalized spacial score (nSPS) is 15.8. The summed E-state index contributed by atoms with van der Waals surface area (Å²) in [5.74, 6) is -0.0575. The van der Waals surface area contributed by atoms with Crippen LogP contribution in [-0.4, -0.2) is 10.8 Å². The van der Waals surface area contributed by atoms with Crippen LogP contribution in [0.3, 0.4) is 0 Å². The summed E-state index contributed by atoms with van der Waals surface area (Å²) in [7, 11) is 0. The van der Waals surface area contributed by atoms with Gasteiger partial charge in [0.1, 0.15) is 5.49 Å². The van der Waals surface area contributed by atoms with E-state index in [0.717, 1.165) is 56.0 Å². The second kappa shape index (κ2) is 14.6. The van der Waals surface area contributed by atoms with Gasteiger partial charge in [-0.05, 0) is 110 Å². The van der Waals surface area contributed by atoms with Crippen molar-refractivity contribution in [2.75, 3.05) is 4.90 Å². The average Bonchev–Trinajstić information content (AvgIpc) is 3.62. The highest BCUT2D eigenvalue weighted by Crippen LogP contribution is 2.64. The first-order valence-corrected chi connectivity index (χ1v) is 20.7. The molecule has 5 nitrogen and oxygen atoms in total. The molecule has 11 rings (SSSR count). The zero-order chi connectivity index (χ0) is 40.9. The number of aromatic amines is 1. The minimum atomic E-state index is -0.631. The highest BCUT2D eigenvalue weighted by atomic mass is 15.2. The SMILES string of the molecule is N#CC1C=CC2=C(C1)C1(c3cc(-c4cccc(C(=N)/N=c5\[nH]cc(-c6ccccc6)cc5-c5ccccc5)c4)ccc32)c2ccccc2N(c2ccccc2)c2ccccc21. The molecule has 8 aromatic rings. The van der Waals surface area contributed by atoms with E-state index >= 15 is 0 Å². The first-order valence-electron chi connectivity index (χ1n) is 20.7. The van der Waals surface area contributed by atoms with E-state index in [2.05, 4.69) is 168 Å². The lowest BCUT2D eigenvalue weighted by Crippen LogP contribution is -2.37. The highest BCUT2D eigenvalue weighted by Gasteiger charge is 2.53. The first-order chi connectivity index (χ1) is 30.1. The zero-order valence-electron chi connectivity index (χ0n) is 33.3. The molecule has 0 bridgehead atoms. The van der Waals surface area contributed by atoms with Crippen LogP contribution in [0, 0.1) is 22.7 Å². The molecule has 0 fully saturated rings. The van der Waals surface area contributed by atoms with Gasteiger partial charge >= 0.3 is 0 Å². The fourth-order valence-electron chi connectivity index (χ4n) is 9.79. The van der Waals surface area contributed by atoms with Crippen molar-refractivity contribution in [2.24, 2.45) is 10.9 Å². The van der Waals surface area contributed by atoms with E-state index in [1.807, 2.05) is 54.7 Å². The molecule has 1 atom stereocenters. The topological polar surface area (TPSA) is 79.0 Å². The molecule has 3 aliphatic rings. The van der Waals surface area contributed by atoms with Gasteiger partial charge in [0.2, 0.25) is 0 Å². The summed E-state index contributed by atoms with van der Waals surface area (Å²) in [5.41, 5.74) is 17.5. The van der Waals surface area contributed by atoms with Crippen molar-refractivity contribution in [1.29, 1.82) is 10.7 Å². The molecule has 1 aliphatic heterocycles. The molecular formula is C56H39N5. The van der Waals surface area contributed by atoms with Gasteiger partial charge in [-0.15, -0.1) is 0 Å². The van der Waals surface area contributed by atoms with Crippen LogP contribution in [0.2, 0.25) is 0 Å². The number of pyridine rings is 1. The average molecular weight is 782 g/mol. The van der Waals surface area contributed by atoms with Crippen molar-refractivity contribution in [2.45, 2.75) is 11.8 Å². The van der Waals surface area contributed by atoms with Crippen molar-refractivity contribution in [1.82, 2.24) is 4.98 Å². The number of para-hydroxylation sites is 3. The van der Waals surface area contributed by atoms with Crippen LogP contribution in [0.25, 0.3) is 39.0 Å². The van der Waals surface area contributed by atoms with E-state index in [-0.39, 0.29) is 11.8 Å². The van der Waals surface area contributed by atoms with E-state index in [1.165, 1.54) is 33.4 Å². The number of amidine groups is 1. The standard InChI is InChI=1S/C56H39N5/c57-35-37-27-29-45-46-30-28-41(34-51(46)56(50(45)31-37)48-23-10-12-25-52(48)61(44-21-8-3-9-22-44)53-26-13-11-24-49(53)56)40-19-14-20-42(32-40)54(58)60-55-47(39-17-6-2-7-18-39)33-43(36-59-55)38-15-4-1-5-16-38/h1-30,32-34,36-37H,31H2,(H2,58,59,60). The number of allylic oxidation sites excluding steroid dienone is 4. The summed E-state index contributed by atoms with van der Waals surface area (Å²) >= 11 is 0. The van der Waals surface area contributed by atoms with Gasteiger partial charge in [0.15, 0.2) is 5.84 Å². The molecule has 5 heteroatoms. The number of aromatic nitrogens is 1. The quantitative estimate of drug-likeness (QED) is 0.135. The van der Waals surface area contributed by atoms with Crippen LogP contribution in [0.4, 0.5) is 17.1 Å². The Morgan fingerprint density at radius 3 is 1.93 bits per heavy atom. The zero-order valence-corrected chi connectivity index (χ0v) is 33.3. The minimum absolute atomic E-state index is 0.168. The molecule has 2 aliphatic carbocycles. The van der Waals surface area contributed by atoms with E-state index < -0.39 is 5.41 Å². The maximum atomic E-state index is 10.3. The highest BCUT2D eigenvalue weighted by molar-refractivity contribution is 6.00. The maximum Gasteiger partial charge on any atom is 0.154 e. The summed E-state index contributed by atoms with van der Waals surface area (Å²) in [6.07, 6.45) is 6.86. The summed E-state index contributed by atoms with van der Waals surface area (Å²) in [6, 6.07) is 68.4. The first kappa shape index (κ1) is 36.0. The lowest BCUT2D eigenvalue weighted by atomic mass is 9.62. The molecule has 2 N–H and O–H groups in total. The Bertz CT molecular complexity index is 3160. The number of benzene rings is 7. The molecule has 288 valence electrons. The van der Waals surface area contributed by atoms with Crippen LogP contribution in [0.1, 0.15) is 34.2 Å². The number of nitrogens with zero attached hydrogens (tertiary/aromatic N) is 3. The number of nitriles is 1. The van der Waals surface area contributed by atoms with Crippen LogP contribution in [0.15, 0.2) is 217 Å². The van der Waals surface area contributed by atoms with Gasteiger partial charge < -0.3 is 9.88 Å². The molecular weight excluding hydrogens is 743 g/mol. The van der Waals surface area contributed by atoms with Crippen molar-refractivity contribution >= 4 is 28.5 Å². The molecule has 2 heterocycles. The Morgan fingerprint density at radius 1 is 0.607 bits per heavy atom. The van der Waals surface area contributed by atoms with Gasteiger partial charge in [-0.2, -0.15) is 5.26 Å². The smallest absolute Gasteiger partial charge is 0.154 e. The van der Waals surface area contributed by atoms with Gasteiger partial charge in [-0.1, -0.05) is 158 Å². The number of nitrogens with one attached hydrogen (secondary N) is 2. The molecule has 0 saturated heterocycles. The molecule has 1 spiro atoms. The number of hydrogen-bond donors (Lipinski definition) is 2. The van der Waals surface area contributed by atoms with Gasteiger partial charge in [0, 0.05) is 23.0 Å². The van der Waals surface area contributed by atoms with Crippen molar-refractivity contribution < 1.29 is 0 Å². The Balaban J connectivity index is 1.05. The summed E-state index contributed by atoms with van der Waals surface area (Å²) in [5, 5.41) is 19.7. The predicted molar refractivity (Wildman–Crippen MR) is 247 cm³/mol. The van der Waals surface area contributed by atoms with Gasteiger partial charge in [0.25, 0.3) is 0 Å². The third kappa shape index (κ3) is 5.84. The fraction of sp³-hybridized carbons (Fsp3) is 0.0536. The Morgan fingerprint density at radius 2 is 1.23 bits per heavy atom. The Kier molecular flexibility index (Phi) is 8.65. The lowest BCUT2D eigenvalue weighted by Gasteiger charge is -2.46. The summed E-state index contributed by atoms with van der Waals surface area (Å²) < 4.78 is 0.